The second-order valence-electron chi connectivity index (χ2n) is 4.80. The Labute approximate surface area is 107 Å². The van der Waals surface area contributed by atoms with Gasteiger partial charge in [-0.1, -0.05) is 24.9 Å². The predicted octanol–water partition coefficient (Wildman–Crippen LogP) is 3.80. The molecule has 1 unspecified atom stereocenters. The zero-order chi connectivity index (χ0) is 12.3. The number of rotatable bonds is 5. The highest BCUT2D eigenvalue weighted by Gasteiger charge is 2.27. The molecule has 1 saturated carbocycles. The van der Waals surface area contributed by atoms with Gasteiger partial charge in [0.25, 0.3) is 0 Å². The molecule has 3 heteroatoms. The van der Waals surface area contributed by atoms with Crippen molar-refractivity contribution in [1.29, 1.82) is 0 Å². The third-order valence-corrected chi connectivity index (χ3v) is 4.00. The molecule has 1 aliphatic carbocycles. The van der Waals surface area contributed by atoms with Gasteiger partial charge in [0.15, 0.2) is 0 Å². The Balaban J connectivity index is 2.07. The molecule has 1 N–H and O–H groups in total. The van der Waals surface area contributed by atoms with Crippen LogP contribution in [0.4, 0.5) is 4.39 Å². The van der Waals surface area contributed by atoms with Crippen LogP contribution in [0.2, 0.25) is 5.02 Å². The molecule has 1 nitrogen and oxygen atoms in total. The molecule has 2 rings (SSSR count). The average Bonchev–Trinajstić information content (AvgIpc) is 2.21. The monoisotopic (exact) mass is 255 g/mol. The first-order valence-corrected chi connectivity index (χ1v) is 6.75. The van der Waals surface area contributed by atoms with Crippen LogP contribution in [-0.2, 0) is 6.42 Å². The van der Waals surface area contributed by atoms with Crippen LogP contribution in [0, 0.1) is 11.7 Å². The molecule has 0 radical (unpaired) electrons. The van der Waals surface area contributed by atoms with E-state index in [1.807, 2.05) is 0 Å². The van der Waals surface area contributed by atoms with Crippen molar-refractivity contribution >= 4 is 11.6 Å². The summed E-state index contributed by atoms with van der Waals surface area (Å²) in [4.78, 5) is 0. The van der Waals surface area contributed by atoms with E-state index in [1.54, 1.807) is 12.1 Å². The van der Waals surface area contributed by atoms with Gasteiger partial charge in [0.05, 0.1) is 0 Å². The van der Waals surface area contributed by atoms with Gasteiger partial charge < -0.3 is 5.32 Å². The number of nitrogens with one attached hydrogen (secondary N) is 1. The highest BCUT2D eigenvalue weighted by Crippen LogP contribution is 2.32. The molecule has 0 aliphatic heterocycles. The van der Waals surface area contributed by atoms with Crippen molar-refractivity contribution < 1.29 is 4.39 Å². The number of hydrogen-bond donors (Lipinski definition) is 1. The smallest absolute Gasteiger partial charge is 0.123 e. The molecule has 94 valence electrons. The molecule has 1 fully saturated rings. The summed E-state index contributed by atoms with van der Waals surface area (Å²) in [6.45, 7) is 3.06. The lowest BCUT2D eigenvalue weighted by atomic mass is 9.77. The van der Waals surface area contributed by atoms with E-state index in [-0.39, 0.29) is 5.82 Å². The summed E-state index contributed by atoms with van der Waals surface area (Å²) in [7, 11) is 0. The van der Waals surface area contributed by atoms with E-state index in [0.29, 0.717) is 11.1 Å². The summed E-state index contributed by atoms with van der Waals surface area (Å²) in [6, 6.07) is 5.06. The molecule has 0 bridgehead atoms. The van der Waals surface area contributed by atoms with Crippen molar-refractivity contribution in [3.05, 3.63) is 34.6 Å². The normalized spacial score (nSPS) is 17.8. The molecule has 0 heterocycles. The van der Waals surface area contributed by atoms with Gasteiger partial charge in [-0.25, -0.2) is 4.39 Å². The van der Waals surface area contributed by atoms with Gasteiger partial charge in [-0.3, -0.25) is 0 Å². The van der Waals surface area contributed by atoms with Crippen molar-refractivity contribution in [3.8, 4) is 0 Å². The van der Waals surface area contributed by atoms with Crippen LogP contribution in [0.15, 0.2) is 18.2 Å². The van der Waals surface area contributed by atoms with Gasteiger partial charge in [0.1, 0.15) is 5.82 Å². The standard InChI is InChI=1S/C14H19ClFN/c1-2-17-14(10-4-3-5-10)9-11-8-12(16)6-7-13(11)15/h6-8,10,14,17H,2-5,9H2,1H3. The fourth-order valence-corrected chi connectivity index (χ4v) is 2.64. The van der Waals surface area contributed by atoms with Gasteiger partial charge in [-0.05, 0) is 55.5 Å². The fraction of sp³-hybridized carbons (Fsp3) is 0.571. The lowest BCUT2D eigenvalue weighted by molar-refractivity contribution is 0.229. The SMILES string of the molecule is CCNC(Cc1cc(F)ccc1Cl)C1CCC1. The Morgan fingerprint density at radius 1 is 1.47 bits per heavy atom. The maximum Gasteiger partial charge on any atom is 0.123 e. The second-order valence-corrected chi connectivity index (χ2v) is 5.20. The van der Waals surface area contributed by atoms with Gasteiger partial charge in [-0.15, -0.1) is 0 Å². The zero-order valence-electron chi connectivity index (χ0n) is 10.2. The van der Waals surface area contributed by atoms with Gasteiger partial charge in [-0.2, -0.15) is 0 Å². The topological polar surface area (TPSA) is 12.0 Å². The molecule has 1 atom stereocenters. The fourth-order valence-electron chi connectivity index (χ4n) is 2.45. The maximum atomic E-state index is 13.2. The van der Waals surface area contributed by atoms with E-state index in [4.69, 9.17) is 11.6 Å². The summed E-state index contributed by atoms with van der Waals surface area (Å²) in [6.07, 6.45) is 4.72. The number of likely N-dealkylation sites (N-methyl/N-ethyl adjacent to an activating group) is 1. The van der Waals surface area contributed by atoms with E-state index in [9.17, 15) is 4.39 Å². The number of halogens is 2. The third kappa shape index (κ3) is 3.20. The highest BCUT2D eigenvalue weighted by atomic mass is 35.5. The minimum atomic E-state index is -0.201. The van der Waals surface area contributed by atoms with Gasteiger partial charge in [0.2, 0.25) is 0 Å². The third-order valence-electron chi connectivity index (χ3n) is 3.63. The molecule has 0 aromatic heterocycles. The molecular formula is C14H19ClFN. The number of benzene rings is 1. The Kier molecular flexibility index (Phi) is 4.41. The van der Waals surface area contributed by atoms with Crippen molar-refractivity contribution in [3.63, 3.8) is 0 Å². The van der Waals surface area contributed by atoms with Crippen LogP contribution in [0.5, 0.6) is 0 Å². The van der Waals surface area contributed by atoms with Crippen LogP contribution >= 0.6 is 11.6 Å². The van der Waals surface area contributed by atoms with E-state index in [1.165, 1.54) is 25.3 Å². The first-order chi connectivity index (χ1) is 8.20. The average molecular weight is 256 g/mol. The van der Waals surface area contributed by atoms with Gasteiger partial charge >= 0.3 is 0 Å². The molecule has 17 heavy (non-hydrogen) atoms. The lowest BCUT2D eigenvalue weighted by Crippen LogP contribution is -2.41. The summed E-state index contributed by atoms with van der Waals surface area (Å²) in [5.74, 6) is 0.530. The van der Waals surface area contributed by atoms with Crippen LogP contribution in [-0.4, -0.2) is 12.6 Å². The minimum absolute atomic E-state index is 0.201. The Bertz CT molecular complexity index is 376. The Morgan fingerprint density at radius 2 is 2.24 bits per heavy atom. The van der Waals surface area contributed by atoms with Crippen LogP contribution in [0.25, 0.3) is 0 Å². The van der Waals surface area contributed by atoms with Crippen molar-refractivity contribution in [2.75, 3.05) is 6.54 Å². The maximum absolute atomic E-state index is 13.2. The summed E-state index contributed by atoms with van der Waals surface area (Å²) >= 11 is 6.11. The zero-order valence-corrected chi connectivity index (χ0v) is 10.9. The predicted molar refractivity (Wildman–Crippen MR) is 69.9 cm³/mol. The molecule has 1 aliphatic rings. The second kappa shape index (κ2) is 5.83. The molecule has 0 spiro atoms. The summed E-state index contributed by atoms with van der Waals surface area (Å²) in [5.41, 5.74) is 0.921. The molecule has 0 saturated heterocycles. The lowest BCUT2D eigenvalue weighted by Gasteiger charge is -2.34. The van der Waals surface area contributed by atoms with Crippen LogP contribution in [0.3, 0.4) is 0 Å². The van der Waals surface area contributed by atoms with Crippen molar-refractivity contribution in [2.24, 2.45) is 5.92 Å². The van der Waals surface area contributed by atoms with E-state index >= 15 is 0 Å². The van der Waals surface area contributed by atoms with E-state index < -0.39 is 0 Å². The van der Waals surface area contributed by atoms with Crippen molar-refractivity contribution in [1.82, 2.24) is 5.32 Å². The summed E-state index contributed by atoms with van der Waals surface area (Å²) in [5, 5.41) is 4.17. The number of hydrogen-bond acceptors (Lipinski definition) is 1. The molecular weight excluding hydrogens is 237 g/mol. The largest absolute Gasteiger partial charge is 0.314 e. The molecule has 1 aromatic carbocycles. The highest BCUT2D eigenvalue weighted by molar-refractivity contribution is 6.31. The first kappa shape index (κ1) is 12.8. The molecule has 0 amide bonds. The summed E-state index contributed by atoms with van der Waals surface area (Å²) < 4.78 is 13.2. The van der Waals surface area contributed by atoms with Crippen molar-refractivity contribution in [2.45, 2.75) is 38.6 Å². The molecule has 1 aromatic rings. The van der Waals surface area contributed by atoms with E-state index in [0.717, 1.165) is 24.4 Å². The Morgan fingerprint density at radius 3 is 2.82 bits per heavy atom. The van der Waals surface area contributed by atoms with Crippen LogP contribution < -0.4 is 5.32 Å². The van der Waals surface area contributed by atoms with Crippen LogP contribution in [0.1, 0.15) is 31.7 Å². The Hall–Kier alpha value is -0.600. The van der Waals surface area contributed by atoms with Gasteiger partial charge in [0, 0.05) is 11.1 Å². The minimum Gasteiger partial charge on any atom is -0.314 e. The van der Waals surface area contributed by atoms with E-state index in [2.05, 4.69) is 12.2 Å². The quantitative estimate of drug-likeness (QED) is 0.844. The first-order valence-electron chi connectivity index (χ1n) is 6.38.